The second kappa shape index (κ2) is 12.4. The Labute approximate surface area is 190 Å². The van der Waals surface area contributed by atoms with Crippen molar-refractivity contribution in [2.45, 2.75) is 58.5 Å². The highest BCUT2D eigenvalue weighted by atomic mass is 32.2. The van der Waals surface area contributed by atoms with Crippen LogP contribution in [0.2, 0.25) is 0 Å². The molecule has 1 N–H and O–H groups in total. The number of thioether (sulfide) groups is 1. The minimum absolute atomic E-state index is 0.0233. The summed E-state index contributed by atoms with van der Waals surface area (Å²) in [5.74, 6) is 1.74. The van der Waals surface area contributed by atoms with Crippen LogP contribution in [0.5, 0.6) is 5.75 Å². The van der Waals surface area contributed by atoms with Crippen molar-refractivity contribution in [1.82, 2.24) is 10.2 Å². The molecule has 2 aromatic rings. The first kappa shape index (κ1) is 24.8. The first-order valence-electron chi connectivity index (χ1n) is 10.7. The maximum atomic E-state index is 13.2. The van der Waals surface area contributed by atoms with E-state index < -0.39 is 6.04 Å². The van der Waals surface area contributed by atoms with Crippen molar-refractivity contribution in [3.8, 4) is 5.75 Å². The third kappa shape index (κ3) is 7.94. The number of aryl methyl sites for hydroxylation is 1. The molecule has 0 bridgehead atoms. The fourth-order valence-electron chi connectivity index (χ4n) is 3.25. The van der Waals surface area contributed by atoms with Crippen LogP contribution in [-0.4, -0.2) is 41.7 Å². The first-order chi connectivity index (χ1) is 14.8. The molecular weight excluding hydrogens is 408 g/mol. The van der Waals surface area contributed by atoms with Gasteiger partial charge in [-0.15, -0.1) is 11.8 Å². The number of hydrogen-bond donors (Lipinski definition) is 1. The van der Waals surface area contributed by atoms with E-state index in [-0.39, 0.29) is 17.9 Å². The predicted molar refractivity (Wildman–Crippen MR) is 128 cm³/mol. The van der Waals surface area contributed by atoms with E-state index in [1.54, 1.807) is 23.8 Å². The van der Waals surface area contributed by atoms with Crippen molar-refractivity contribution in [1.29, 1.82) is 0 Å². The van der Waals surface area contributed by atoms with Crippen molar-refractivity contribution >= 4 is 23.6 Å². The maximum absolute atomic E-state index is 13.2. The second-order valence-electron chi connectivity index (χ2n) is 7.94. The third-order valence-corrected chi connectivity index (χ3v) is 5.93. The SMILES string of the molecule is CCC(C(=O)NC(C)C)N(Cc1ccc(C)cc1)C(=O)CSCc1ccc(OC)cc1. The molecule has 1 atom stereocenters. The topological polar surface area (TPSA) is 58.6 Å². The van der Waals surface area contributed by atoms with E-state index >= 15 is 0 Å². The smallest absolute Gasteiger partial charge is 0.243 e. The van der Waals surface area contributed by atoms with E-state index in [1.807, 2.05) is 76.2 Å². The summed E-state index contributed by atoms with van der Waals surface area (Å²) in [5.41, 5.74) is 3.32. The first-order valence-corrected chi connectivity index (χ1v) is 11.9. The molecule has 2 rings (SSSR count). The zero-order valence-electron chi connectivity index (χ0n) is 19.2. The lowest BCUT2D eigenvalue weighted by Gasteiger charge is -2.31. The number of amides is 2. The van der Waals surface area contributed by atoms with Crippen molar-refractivity contribution in [3.63, 3.8) is 0 Å². The molecular formula is C25H34N2O3S. The highest BCUT2D eigenvalue weighted by Gasteiger charge is 2.28. The molecule has 0 fully saturated rings. The Morgan fingerprint density at radius 3 is 2.19 bits per heavy atom. The molecule has 2 amide bonds. The zero-order chi connectivity index (χ0) is 22.8. The summed E-state index contributed by atoms with van der Waals surface area (Å²) >= 11 is 1.56. The predicted octanol–water partition coefficient (Wildman–Crippen LogP) is 4.57. The number of rotatable bonds is 11. The van der Waals surface area contributed by atoms with Gasteiger partial charge >= 0.3 is 0 Å². The number of methoxy groups -OCH3 is 1. The average molecular weight is 443 g/mol. The number of hydrogen-bond acceptors (Lipinski definition) is 4. The number of carbonyl (C=O) groups is 2. The van der Waals surface area contributed by atoms with Crippen LogP contribution < -0.4 is 10.1 Å². The van der Waals surface area contributed by atoms with E-state index in [1.165, 1.54) is 5.56 Å². The van der Waals surface area contributed by atoms with Gasteiger partial charge in [0.15, 0.2) is 0 Å². The van der Waals surface area contributed by atoms with Crippen molar-refractivity contribution in [3.05, 3.63) is 65.2 Å². The lowest BCUT2D eigenvalue weighted by atomic mass is 10.1. The Morgan fingerprint density at radius 2 is 1.65 bits per heavy atom. The maximum Gasteiger partial charge on any atom is 0.243 e. The van der Waals surface area contributed by atoms with E-state index in [4.69, 9.17) is 4.74 Å². The number of benzene rings is 2. The van der Waals surface area contributed by atoms with Crippen LogP contribution in [0.4, 0.5) is 0 Å². The van der Waals surface area contributed by atoms with Gasteiger partial charge in [0, 0.05) is 18.3 Å². The van der Waals surface area contributed by atoms with E-state index in [0.29, 0.717) is 18.7 Å². The van der Waals surface area contributed by atoms with Gasteiger partial charge in [0.1, 0.15) is 11.8 Å². The van der Waals surface area contributed by atoms with Gasteiger partial charge in [0.25, 0.3) is 0 Å². The van der Waals surface area contributed by atoms with E-state index in [2.05, 4.69) is 5.32 Å². The molecule has 0 saturated heterocycles. The molecule has 0 saturated carbocycles. The molecule has 1 unspecified atom stereocenters. The molecule has 6 heteroatoms. The van der Waals surface area contributed by atoms with Gasteiger partial charge in [-0.05, 0) is 50.5 Å². The fourth-order valence-corrected chi connectivity index (χ4v) is 4.12. The monoisotopic (exact) mass is 442 g/mol. The Morgan fingerprint density at radius 1 is 1.03 bits per heavy atom. The molecule has 0 aliphatic carbocycles. The fraction of sp³-hybridized carbons (Fsp3) is 0.440. The molecule has 168 valence electrons. The summed E-state index contributed by atoms with van der Waals surface area (Å²) in [6.07, 6.45) is 0.569. The highest BCUT2D eigenvalue weighted by molar-refractivity contribution is 7.99. The molecule has 0 spiro atoms. The highest BCUT2D eigenvalue weighted by Crippen LogP contribution is 2.19. The van der Waals surface area contributed by atoms with Gasteiger partial charge in [-0.1, -0.05) is 48.9 Å². The molecule has 0 heterocycles. The lowest BCUT2D eigenvalue weighted by Crippen LogP contribution is -2.50. The Bertz CT molecular complexity index is 835. The Balaban J connectivity index is 2.09. The molecule has 2 aromatic carbocycles. The summed E-state index contributed by atoms with van der Waals surface area (Å²) < 4.78 is 5.19. The standard InChI is InChI=1S/C25H34N2O3S/c1-6-23(25(29)26-18(2)3)27(15-20-9-7-19(4)8-10-20)24(28)17-31-16-21-11-13-22(30-5)14-12-21/h7-14,18,23H,6,15-17H2,1-5H3,(H,26,29). The van der Waals surface area contributed by atoms with Gasteiger partial charge in [0.2, 0.25) is 11.8 Å². The van der Waals surface area contributed by atoms with Crippen LogP contribution in [0.1, 0.15) is 43.9 Å². The van der Waals surface area contributed by atoms with E-state index in [9.17, 15) is 9.59 Å². The molecule has 0 aliphatic rings. The van der Waals surface area contributed by atoms with Gasteiger partial charge in [0.05, 0.1) is 12.9 Å². The summed E-state index contributed by atoms with van der Waals surface area (Å²) in [7, 11) is 1.64. The molecule has 0 aliphatic heterocycles. The number of carbonyl (C=O) groups excluding carboxylic acids is 2. The Kier molecular flexibility index (Phi) is 9.92. The summed E-state index contributed by atoms with van der Waals surface area (Å²) in [4.78, 5) is 27.7. The normalized spacial score (nSPS) is 11.8. The van der Waals surface area contributed by atoms with E-state index in [0.717, 1.165) is 22.6 Å². The Hall–Kier alpha value is -2.47. The second-order valence-corrected chi connectivity index (χ2v) is 8.92. The molecule has 5 nitrogen and oxygen atoms in total. The van der Waals surface area contributed by atoms with Gasteiger partial charge in [-0.25, -0.2) is 0 Å². The third-order valence-electron chi connectivity index (χ3n) is 4.94. The van der Waals surface area contributed by atoms with Crippen molar-refractivity contribution in [2.75, 3.05) is 12.9 Å². The van der Waals surface area contributed by atoms with Crippen LogP contribution in [0.3, 0.4) is 0 Å². The lowest BCUT2D eigenvalue weighted by molar-refractivity contribution is -0.139. The number of nitrogens with zero attached hydrogens (tertiary/aromatic N) is 1. The summed E-state index contributed by atoms with van der Waals surface area (Å²) in [6.45, 7) is 8.27. The minimum Gasteiger partial charge on any atom is -0.497 e. The molecule has 0 aromatic heterocycles. The average Bonchev–Trinajstić information content (AvgIpc) is 2.75. The number of ether oxygens (including phenoxy) is 1. The minimum atomic E-state index is -0.488. The molecule has 0 radical (unpaired) electrons. The van der Waals surface area contributed by atoms with Crippen LogP contribution in [0.25, 0.3) is 0 Å². The number of nitrogens with one attached hydrogen (secondary N) is 1. The van der Waals surface area contributed by atoms with Gasteiger partial charge in [-0.3, -0.25) is 9.59 Å². The van der Waals surface area contributed by atoms with Crippen LogP contribution in [-0.2, 0) is 21.9 Å². The van der Waals surface area contributed by atoms with Crippen molar-refractivity contribution in [2.24, 2.45) is 0 Å². The van der Waals surface area contributed by atoms with Gasteiger partial charge in [-0.2, -0.15) is 0 Å². The van der Waals surface area contributed by atoms with Crippen LogP contribution in [0, 0.1) is 6.92 Å². The van der Waals surface area contributed by atoms with Crippen molar-refractivity contribution < 1.29 is 14.3 Å². The quantitative estimate of drug-likeness (QED) is 0.554. The summed E-state index contributed by atoms with van der Waals surface area (Å²) in [5, 5.41) is 2.97. The summed E-state index contributed by atoms with van der Waals surface area (Å²) in [6, 6.07) is 15.5. The van der Waals surface area contributed by atoms with Crippen LogP contribution >= 0.6 is 11.8 Å². The van der Waals surface area contributed by atoms with Gasteiger partial charge < -0.3 is 15.0 Å². The zero-order valence-corrected chi connectivity index (χ0v) is 20.0. The van der Waals surface area contributed by atoms with Crippen LogP contribution in [0.15, 0.2) is 48.5 Å². The molecule has 31 heavy (non-hydrogen) atoms. The largest absolute Gasteiger partial charge is 0.497 e.